The normalized spacial score (nSPS) is 15.2. The Morgan fingerprint density at radius 1 is 1.42 bits per heavy atom. The summed E-state index contributed by atoms with van der Waals surface area (Å²) >= 11 is 5.26. The van der Waals surface area contributed by atoms with Crippen LogP contribution in [0.25, 0.3) is 0 Å². The molecule has 0 saturated carbocycles. The van der Waals surface area contributed by atoms with E-state index >= 15 is 0 Å². The van der Waals surface area contributed by atoms with Crippen LogP contribution in [0.2, 0.25) is 5.02 Å². The molecule has 1 aromatic carbocycles. The zero-order valence-electron chi connectivity index (χ0n) is 8.59. The van der Waals surface area contributed by atoms with Crippen molar-refractivity contribution in [2.24, 2.45) is 0 Å². The number of hydrogen-bond donors (Lipinski definition) is 1. The van der Waals surface area contributed by atoms with Crippen LogP contribution in [0.3, 0.4) is 0 Å². The molecule has 0 bridgehead atoms. The first kappa shape index (κ1) is 5.70. The molecule has 0 fully saturated rings. The van der Waals surface area contributed by atoms with E-state index in [1.165, 1.54) is 0 Å². The fourth-order valence-corrected chi connectivity index (χ4v) is 0.802. The Morgan fingerprint density at radius 2 is 2.00 bits per heavy atom. The van der Waals surface area contributed by atoms with Crippen LogP contribution in [0, 0.1) is 0 Å². The summed E-state index contributed by atoms with van der Waals surface area (Å²) in [5.41, 5.74) is 2.93. The van der Waals surface area contributed by atoms with Gasteiger partial charge in [-0.25, -0.2) is 0 Å². The maximum absolute atomic E-state index is 12.4. The third-order valence-corrected chi connectivity index (χ3v) is 1.35. The molecule has 0 aliphatic rings. The van der Waals surface area contributed by atoms with Crippen LogP contribution >= 0.6 is 11.6 Å². The van der Waals surface area contributed by atoms with E-state index in [2.05, 4.69) is 0 Å². The fourth-order valence-electron chi connectivity index (χ4n) is 0.601. The lowest BCUT2D eigenvalue weighted by Crippen LogP contribution is -2.06. The number of alkyl halides is 3. The minimum atomic E-state index is -4.86. The second-order valence-corrected chi connectivity index (χ2v) is 2.35. The Kier molecular flexibility index (Phi) is 1.36. The van der Waals surface area contributed by atoms with Gasteiger partial charge in [-0.3, -0.25) is 0 Å². The molecule has 0 aliphatic heterocycles. The Morgan fingerprint density at radius 3 is 2.50 bits per heavy atom. The molecule has 1 aromatic rings. The van der Waals surface area contributed by atoms with Crippen LogP contribution in [0.5, 0.6) is 0 Å². The van der Waals surface area contributed by atoms with Gasteiger partial charge in [0.1, 0.15) is 0 Å². The van der Waals surface area contributed by atoms with Crippen molar-refractivity contribution in [2.75, 3.05) is 5.73 Å². The van der Waals surface area contributed by atoms with Gasteiger partial charge in [0, 0.05) is 5.69 Å². The summed E-state index contributed by atoms with van der Waals surface area (Å²) in [4.78, 5) is 0. The van der Waals surface area contributed by atoms with Crippen molar-refractivity contribution in [2.45, 2.75) is 6.18 Å². The van der Waals surface area contributed by atoms with Gasteiger partial charge < -0.3 is 5.73 Å². The number of halogens is 4. The average Bonchev–Trinajstić information content (AvgIpc) is 2.09. The zero-order valence-corrected chi connectivity index (χ0v) is 6.35. The molecule has 0 amide bonds. The van der Waals surface area contributed by atoms with Crippen molar-refractivity contribution in [3.63, 3.8) is 0 Å². The molecule has 1 rings (SSSR count). The molecule has 0 aromatic heterocycles. The zero-order chi connectivity index (χ0) is 12.0. The summed E-state index contributed by atoms with van der Waals surface area (Å²) in [5, 5.41) is -0.966. The SMILES string of the molecule is [2H]c1c([2H])c(Cl)c(C(F)(F)F)c([2H])c1N. The summed E-state index contributed by atoms with van der Waals surface area (Å²) in [6.45, 7) is 0. The van der Waals surface area contributed by atoms with Gasteiger partial charge in [0.15, 0.2) is 0 Å². The predicted molar refractivity (Wildman–Crippen MR) is 40.9 cm³/mol. The first-order chi connectivity index (χ1) is 6.68. The summed E-state index contributed by atoms with van der Waals surface area (Å²) in [6.07, 6.45) is -4.86. The second-order valence-electron chi connectivity index (χ2n) is 1.98. The van der Waals surface area contributed by atoms with E-state index in [0.717, 1.165) is 0 Å². The highest BCUT2D eigenvalue weighted by Crippen LogP contribution is 2.35. The number of nitrogens with two attached hydrogens (primary N) is 1. The van der Waals surface area contributed by atoms with Crippen molar-refractivity contribution in [1.82, 2.24) is 0 Å². The molecular weight excluding hydrogens is 191 g/mol. The summed E-state index contributed by atoms with van der Waals surface area (Å²) in [7, 11) is 0. The van der Waals surface area contributed by atoms with Crippen LogP contribution in [-0.2, 0) is 6.18 Å². The maximum Gasteiger partial charge on any atom is 0.417 e. The lowest BCUT2D eigenvalue weighted by atomic mass is 10.2. The molecule has 0 aliphatic carbocycles. The van der Waals surface area contributed by atoms with Gasteiger partial charge in [-0.05, 0) is 18.1 Å². The van der Waals surface area contributed by atoms with Crippen molar-refractivity contribution in [1.29, 1.82) is 0 Å². The Bertz CT molecular complexity index is 390. The lowest BCUT2D eigenvalue weighted by Gasteiger charge is -2.08. The molecule has 0 atom stereocenters. The Hall–Kier alpha value is -0.900. The van der Waals surface area contributed by atoms with Crippen molar-refractivity contribution >= 4 is 17.3 Å². The van der Waals surface area contributed by atoms with Crippen molar-refractivity contribution in [3.8, 4) is 0 Å². The van der Waals surface area contributed by atoms with Crippen LogP contribution in [0.15, 0.2) is 18.1 Å². The summed E-state index contributed by atoms with van der Waals surface area (Å²) in [5.74, 6) is 0. The van der Waals surface area contributed by atoms with E-state index in [1.54, 1.807) is 0 Å². The standard InChI is InChI=1S/C7H5ClF3N/c8-6-2-1-4(12)3-5(6)7(9,10)11/h1-3H,12H2/i1D,2D,3D. The topological polar surface area (TPSA) is 26.0 Å². The largest absolute Gasteiger partial charge is 0.417 e. The highest BCUT2D eigenvalue weighted by molar-refractivity contribution is 6.31. The minimum Gasteiger partial charge on any atom is -0.399 e. The molecule has 12 heavy (non-hydrogen) atoms. The Labute approximate surface area is 76.2 Å². The number of rotatable bonds is 0. The molecule has 0 saturated heterocycles. The first-order valence-corrected chi connectivity index (χ1v) is 3.17. The van der Waals surface area contributed by atoms with E-state index in [0.29, 0.717) is 0 Å². The highest BCUT2D eigenvalue weighted by Gasteiger charge is 2.33. The van der Waals surface area contributed by atoms with E-state index in [9.17, 15) is 13.2 Å². The smallest absolute Gasteiger partial charge is 0.399 e. The number of nitrogen functional groups attached to an aromatic ring is 1. The number of benzene rings is 1. The summed E-state index contributed by atoms with van der Waals surface area (Å²) < 4.78 is 58.5. The van der Waals surface area contributed by atoms with Gasteiger partial charge in [-0.15, -0.1) is 0 Å². The molecule has 66 valence electrons. The van der Waals surface area contributed by atoms with E-state index < -0.39 is 40.6 Å². The molecule has 0 radical (unpaired) electrons. The fraction of sp³-hybridized carbons (Fsp3) is 0.143. The van der Waals surface area contributed by atoms with Gasteiger partial charge in [0.05, 0.1) is 14.7 Å². The average molecular weight is 199 g/mol. The van der Waals surface area contributed by atoms with Gasteiger partial charge in [-0.2, -0.15) is 13.2 Å². The summed E-state index contributed by atoms with van der Waals surface area (Å²) in [6, 6.07) is -2.55. The molecular formula is C7H5ClF3N. The molecule has 2 N–H and O–H groups in total. The van der Waals surface area contributed by atoms with Gasteiger partial charge in [0.2, 0.25) is 0 Å². The molecule has 5 heteroatoms. The predicted octanol–water partition coefficient (Wildman–Crippen LogP) is 2.94. The second kappa shape index (κ2) is 2.86. The van der Waals surface area contributed by atoms with E-state index in [4.69, 9.17) is 21.4 Å². The van der Waals surface area contributed by atoms with Gasteiger partial charge in [-0.1, -0.05) is 11.6 Å². The maximum atomic E-state index is 12.4. The monoisotopic (exact) mass is 198 g/mol. The van der Waals surface area contributed by atoms with Crippen LogP contribution in [-0.4, -0.2) is 0 Å². The first-order valence-electron chi connectivity index (χ1n) is 4.29. The van der Waals surface area contributed by atoms with Gasteiger partial charge >= 0.3 is 6.18 Å². The van der Waals surface area contributed by atoms with Crippen LogP contribution in [0.4, 0.5) is 18.9 Å². The molecule has 0 heterocycles. The van der Waals surface area contributed by atoms with Crippen LogP contribution in [0.1, 0.15) is 9.68 Å². The van der Waals surface area contributed by atoms with Gasteiger partial charge in [0.25, 0.3) is 0 Å². The highest BCUT2D eigenvalue weighted by atomic mass is 35.5. The molecule has 1 nitrogen and oxygen atoms in total. The van der Waals surface area contributed by atoms with E-state index in [-0.39, 0.29) is 0 Å². The van der Waals surface area contributed by atoms with Crippen LogP contribution < -0.4 is 5.73 Å². The number of hydrogen-bond acceptors (Lipinski definition) is 1. The molecule has 0 spiro atoms. The van der Waals surface area contributed by atoms with Crippen molar-refractivity contribution in [3.05, 3.63) is 28.7 Å². The third-order valence-electron chi connectivity index (χ3n) is 1.07. The third kappa shape index (κ3) is 1.82. The quantitative estimate of drug-likeness (QED) is 0.638. The van der Waals surface area contributed by atoms with E-state index in [1.807, 2.05) is 0 Å². The lowest BCUT2D eigenvalue weighted by molar-refractivity contribution is -0.137. The number of anilines is 1. The molecule has 0 unspecified atom stereocenters. The Balaban J connectivity index is 3.68. The minimum absolute atomic E-state index is 0.669. The van der Waals surface area contributed by atoms with Crippen molar-refractivity contribution < 1.29 is 17.3 Å².